The van der Waals surface area contributed by atoms with Gasteiger partial charge in [-0.05, 0) is 43.2 Å². The maximum absolute atomic E-state index is 12.3. The van der Waals surface area contributed by atoms with Crippen molar-refractivity contribution in [2.45, 2.75) is 20.3 Å². The molecule has 0 fully saturated rings. The molecule has 1 heterocycles. The Balaban J connectivity index is 2.14. The van der Waals surface area contributed by atoms with Crippen LogP contribution in [0.25, 0.3) is 0 Å². The Morgan fingerprint density at radius 1 is 1.29 bits per heavy atom. The van der Waals surface area contributed by atoms with Gasteiger partial charge in [0.1, 0.15) is 5.69 Å². The summed E-state index contributed by atoms with van der Waals surface area (Å²) >= 11 is 5.95. The third-order valence-electron chi connectivity index (χ3n) is 3.02. The molecular formula is C16H18ClN3O. The Labute approximate surface area is 129 Å². The summed E-state index contributed by atoms with van der Waals surface area (Å²) in [5, 5.41) is 6.66. The minimum Gasteiger partial charge on any atom is -0.385 e. The van der Waals surface area contributed by atoms with Crippen LogP contribution in [-0.2, 0) is 0 Å². The molecule has 2 aromatic rings. The smallest absolute Gasteiger partial charge is 0.274 e. The number of aryl methyl sites for hydroxylation is 1. The molecule has 2 N–H and O–H groups in total. The number of hydrogen-bond donors (Lipinski definition) is 2. The lowest BCUT2D eigenvalue weighted by Gasteiger charge is -2.10. The van der Waals surface area contributed by atoms with Crippen molar-refractivity contribution in [2.24, 2.45) is 0 Å². The van der Waals surface area contributed by atoms with Crippen LogP contribution >= 0.6 is 11.6 Å². The number of aromatic nitrogens is 1. The molecule has 21 heavy (non-hydrogen) atoms. The molecule has 1 aromatic heterocycles. The average Bonchev–Trinajstić information content (AvgIpc) is 2.49. The summed E-state index contributed by atoms with van der Waals surface area (Å²) < 4.78 is 0. The number of hydrogen-bond acceptors (Lipinski definition) is 3. The zero-order valence-corrected chi connectivity index (χ0v) is 12.9. The fourth-order valence-electron chi connectivity index (χ4n) is 1.85. The third kappa shape index (κ3) is 4.20. The topological polar surface area (TPSA) is 54.0 Å². The highest BCUT2D eigenvalue weighted by Gasteiger charge is 2.10. The van der Waals surface area contributed by atoms with E-state index >= 15 is 0 Å². The largest absolute Gasteiger partial charge is 0.385 e. The first kappa shape index (κ1) is 15.3. The number of amides is 1. The number of benzene rings is 1. The summed E-state index contributed by atoms with van der Waals surface area (Å²) in [6.07, 6.45) is 2.64. The van der Waals surface area contributed by atoms with Crippen LogP contribution in [0.3, 0.4) is 0 Å². The number of rotatable bonds is 5. The van der Waals surface area contributed by atoms with Gasteiger partial charge >= 0.3 is 0 Å². The van der Waals surface area contributed by atoms with Crippen LogP contribution in [0.15, 0.2) is 36.5 Å². The van der Waals surface area contributed by atoms with Crippen molar-refractivity contribution in [2.75, 3.05) is 17.2 Å². The molecule has 0 radical (unpaired) electrons. The van der Waals surface area contributed by atoms with Gasteiger partial charge in [-0.25, -0.2) is 0 Å². The number of nitrogens with one attached hydrogen (secondary N) is 2. The average molecular weight is 304 g/mol. The van der Waals surface area contributed by atoms with Crippen molar-refractivity contribution in [3.8, 4) is 0 Å². The van der Waals surface area contributed by atoms with E-state index in [1.807, 2.05) is 19.1 Å². The van der Waals surface area contributed by atoms with Crippen LogP contribution in [0.5, 0.6) is 0 Å². The molecule has 2 rings (SSSR count). The Kier molecular flexibility index (Phi) is 5.17. The quantitative estimate of drug-likeness (QED) is 0.873. The predicted molar refractivity (Wildman–Crippen MR) is 87.2 cm³/mol. The summed E-state index contributed by atoms with van der Waals surface area (Å²) in [5.74, 6) is -0.250. The van der Waals surface area contributed by atoms with Crippen LogP contribution in [0, 0.1) is 6.92 Å². The predicted octanol–water partition coefficient (Wildman–Crippen LogP) is 4.12. The van der Waals surface area contributed by atoms with Gasteiger partial charge in [-0.15, -0.1) is 0 Å². The molecule has 4 nitrogen and oxygen atoms in total. The maximum Gasteiger partial charge on any atom is 0.274 e. The molecule has 0 saturated carbocycles. The van der Waals surface area contributed by atoms with Crippen LogP contribution in [0.4, 0.5) is 11.4 Å². The van der Waals surface area contributed by atoms with E-state index in [1.54, 1.807) is 24.4 Å². The van der Waals surface area contributed by atoms with Crippen molar-refractivity contribution < 1.29 is 4.79 Å². The van der Waals surface area contributed by atoms with Gasteiger partial charge in [-0.2, -0.15) is 0 Å². The summed E-state index contributed by atoms with van der Waals surface area (Å²) in [5.41, 5.74) is 2.91. The third-order valence-corrected chi connectivity index (χ3v) is 3.25. The highest BCUT2D eigenvalue weighted by molar-refractivity contribution is 6.31. The standard InChI is InChI=1S/C16H18ClN3O/c1-3-7-18-13-6-8-19-15(10-13)16(21)20-14-9-12(17)5-4-11(14)2/h4-6,8-10H,3,7H2,1-2H3,(H,18,19)(H,20,21). The van der Waals surface area contributed by atoms with E-state index in [-0.39, 0.29) is 5.91 Å². The fourth-order valence-corrected chi connectivity index (χ4v) is 2.02. The first-order valence-corrected chi connectivity index (χ1v) is 7.25. The van der Waals surface area contributed by atoms with Gasteiger partial charge in [0, 0.05) is 29.1 Å². The second-order valence-corrected chi connectivity index (χ2v) is 5.21. The van der Waals surface area contributed by atoms with Crippen molar-refractivity contribution in [3.05, 3.63) is 52.8 Å². The van der Waals surface area contributed by atoms with E-state index in [4.69, 9.17) is 11.6 Å². The fraction of sp³-hybridized carbons (Fsp3) is 0.250. The van der Waals surface area contributed by atoms with Crippen LogP contribution in [-0.4, -0.2) is 17.4 Å². The van der Waals surface area contributed by atoms with E-state index in [0.29, 0.717) is 16.4 Å². The number of carbonyl (C=O) groups excluding carboxylic acids is 1. The molecule has 5 heteroatoms. The highest BCUT2D eigenvalue weighted by atomic mass is 35.5. The van der Waals surface area contributed by atoms with E-state index in [2.05, 4.69) is 22.5 Å². The minimum atomic E-state index is -0.250. The molecular weight excluding hydrogens is 286 g/mol. The summed E-state index contributed by atoms with van der Waals surface area (Å²) in [6, 6.07) is 8.97. The van der Waals surface area contributed by atoms with Crippen molar-refractivity contribution in [3.63, 3.8) is 0 Å². The van der Waals surface area contributed by atoms with Gasteiger partial charge in [0.25, 0.3) is 5.91 Å². The zero-order chi connectivity index (χ0) is 15.2. The number of pyridine rings is 1. The van der Waals surface area contributed by atoms with Crippen molar-refractivity contribution >= 4 is 28.9 Å². The summed E-state index contributed by atoms with van der Waals surface area (Å²) in [4.78, 5) is 16.4. The molecule has 0 saturated heterocycles. The molecule has 0 aliphatic heterocycles. The summed E-state index contributed by atoms with van der Waals surface area (Å²) in [6.45, 7) is 4.86. The number of nitrogens with zero attached hydrogens (tertiary/aromatic N) is 1. The van der Waals surface area contributed by atoms with E-state index in [0.717, 1.165) is 24.2 Å². The SMILES string of the molecule is CCCNc1ccnc(C(=O)Nc2cc(Cl)ccc2C)c1. The van der Waals surface area contributed by atoms with Crippen molar-refractivity contribution in [1.82, 2.24) is 4.98 Å². The van der Waals surface area contributed by atoms with Crippen molar-refractivity contribution in [1.29, 1.82) is 0 Å². The molecule has 1 amide bonds. The van der Waals surface area contributed by atoms with E-state index < -0.39 is 0 Å². The highest BCUT2D eigenvalue weighted by Crippen LogP contribution is 2.21. The Morgan fingerprint density at radius 2 is 2.10 bits per heavy atom. The maximum atomic E-state index is 12.3. The monoisotopic (exact) mass is 303 g/mol. The normalized spacial score (nSPS) is 10.2. The number of halogens is 1. The first-order chi connectivity index (χ1) is 10.1. The molecule has 0 aliphatic rings. The Morgan fingerprint density at radius 3 is 2.86 bits per heavy atom. The molecule has 0 atom stereocenters. The van der Waals surface area contributed by atoms with Gasteiger partial charge in [0.05, 0.1) is 0 Å². The molecule has 0 spiro atoms. The molecule has 0 unspecified atom stereocenters. The van der Waals surface area contributed by atoms with Crippen LogP contribution in [0.1, 0.15) is 29.4 Å². The second-order valence-electron chi connectivity index (χ2n) is 4.77. The number of anilines is 2. The number of carbonyl (C=O) groups is 1. The van der Waals surface area contributed by atoms with E-state index in [1.165, 1.54) is 0 Å². The lowest BCUT2D eigenvalue weighted by molar-refractivity contribution is 0.102. The van der Waals surface area contributed by atoms with Gasteiger partial charge in [-0.3, -0.25) is 9.78 Å². The van der Waals surface area contributed by atoms with Crippen LogP contribution < -0.4 is 10.6 Å². The Hall–Kier alpha value is -2.07. The lowest BCUT2D eigenvalue weighted by Crippen LogP contribution is -2.15. The molecule has 110 valence electrons. The Bertz CT molecular complexity index is 643. The zero-order valence-electron chi connectivity index (χ0n) is 12.1. The molecule has 0 bridgehead atoms. The van der Waals surface area contributed by atoms with Gasteiger partial charge in [-0.1, -0.05) is 24.6 Å². The summed E-state index contributed by atoms with van der Waals surface area (Å²) in [7, 11) is 0. The molecule has 0 aliphatic carbocycles. The van der Waals surface area contributed by atoms with Gasteiger partial charge < -0.3 is 10.6 Å². The lowest BCUT2D eigenvalue weighted by atomic mass is 10.2. The van der Waals surface area contributed by atoms with Gasteiger partial charge in [0.2, 0.25) is 0 Å². The van der Waals surface area contributed by atoms with Gasteiger partial charge in [0.15, 0.2) is 0 Å². The molecule has 1 aromatic carbocycles. The minimum absolute atomic E-state index is 0.250. The second kappa shape index (κ2) is 7.09. The van der Waals surface area contributed by atoms with E-state index in [9.17, 15) is 4.79 Å². The van der Waals surface area contributed by atoms with Crippen LogP contribution in [0.2, 0.25) is 5.02 Å². The first-order valence-electron chi connectivity index (χ1n) is 6.87.